The lowest BCUT2D eigenvalue weighted by Crippen LogP contribution is -2.18. The normalized spacial score (nSPS) is 18.9. The number of nitrogens with two attached hydrogens (primary N) is 1. The minimum atomic E-state index is 0.220. The number of allylic oxidation sites excluding steroid dienone is 1. The van der Waals surface area contributed by atoms with Crippen molar-refractivity contribution < 1.29 is 0 Å². The molecule has 0 saturated heterocycles. The summed E-state index contributed by atoms with van der Waals surface area (Å²) in [7, 11) is 0. The molecule has 17 heavy (non-hydrogen) atoms. The monoisotopic (exact) mass is 293 g/mol. The van der Waals surface area contributed by atoms with Gasteiger partial charge < -0.3 is 5.73 Å². The number of hydrogen-bond acceptors (Lipinski definition) is 1. The Bertz CT molecular complexity index is 472. The van der Waals surface area contributed by atoms with Gasteiger partial charge in [0.05, 0.1) is 0 Å². The van der Waals surface area contributed by atoms with Gasteiger partial charge in [-0.05, 0) is 41.9 Å². The summed E-state index contributed by atoms with van der Waals surface area (Å²) < 4.78 is 1.27. The van der Waals surface area contributed by atoms with Gasteiger partial charge in [0.2, 0.25) is 0 Å². The van der Waals surface area contributed by atoms with Crippen LogP contribution in [-0.2, 0) is 5.41 Å². The van der Waals surface area contributed by atoms with E-state index < -0.39 is 0 Å². The zero-order chi connectivity index (χ0) is 12.6. The molecule has 2 rings (SSSR count). The summed E-state index contributed by atoms with van der Waals surface area (Å²) in [5.74, 6) is 0. The predicted molar refractivity (Wildman–Crippen MR) is 78.3 cm³/mol. The van der Waals surface area contributed by atoms with Crippen molar-refractivity contribution in [3.05, 3.63) is 39.4 Å². The van der Waals surface area contributed by atoms with Crippen molar-refractivity contribution in [1.82, 2.24) is 0 Å². The lowest BCUT2D eigenvalue weighted by molar-refractivity contribution is 0.486. The van der Waals surface area contributed by atoms with E-state index in [2.05, 4.69) is 54.9 Å². The molecule has 0 radical (unpaired) electrons. The fourth-order valence-corrected chi connectivity index (χ4v) is 3.13. The highest BCUT2D eigenvalue weighted by atomic mass is 79.9. The first kappa shape index (κ1) is 12.8. The van der Waals surface area contributed by atoms with Crippen molar-refractivity contribution in [3.8, 4) is 0 Å². The van der Waals surface area contributed by atoms with E-state index in [4.69, 9.17) is 5.73 Å². The molecule has 0 unspecified atom stereocenters. The van der Waals surface area contributed by atoms with Gasteiger partial charge in [-0.25, -0.2) is 0 Å². The second-order valence-electron chi connectivity index (χ2n) is 5.52. The third kappa shape index (κ3) is 2.34. The van der Waals surface area contributed by atoms with E-state index >= 15 is 0 Å². The van der Waals surface area contributed by atoms with E-state index in [1.807, 2.05) is 0 Å². The first-order chi connectivity index (χ1) is 7.95. The SMILES string of the molecule is Cc1ccc2c(c1)C(C)(C)CCC(Br)=C2CN. The smallest absolute Gasteiger partial charge is 0.0192 e. The number of hydrogen-bond donors (Lipinski definition) is 1. The van der Waals surface area contributed by atoms with Crippen LogP contribution in [0.1, 0.15) is 43.4 Å². The molecule has 0 aliphatic heterocycles. The van der Waals surface area contributed by atoms with Crippen molar-refractivity contribution in [2.75, 3.05) is 6.54 Å². The van der Waals surface area contributed by atoms with Gasteiger partial charge in [0, 0.05) is 11.0 Å². The molecular formula is C15H20BrN. The Balaban J connectivity index is 2.69. The largest absolute Gasteiger partial charge is 0.326 e. The Morgan fingerprint density at radius 2 is 2.06 bits per heavy atom. The van der Waals surface area contributed by atoms with Crippen molar-refractivity contribution in [3.63, 3.8) is 0 Å². The van der Waals surface area contributed by atoms with Crippen LogP contribution in [0.25, 0.3) is 5.57 Å². The second-order valence-corrected chi connectivity index (χ2v) is 6.48. The molecule has 1 aliphatic carbocycles. The van der Waals surface area contributed by atoms with Crippen LogP contribution >= 0.6 is 15.9 Å². The number of fused-ring (bicyclic) bond motifs is 1. The maximum atomic E-state index is 5.92. The summed E-state index contributed by atoms with van der Waals surface area (Å²) in [6.07, 6.45) is 2.24. The molecule has 0 heterocycles. The maximum Gasteiger partial charge on any atom is 0.0192 e. The van der Waals surface area contributed by atoms with E-state index in [1.54, 1.807) is 0 Å². The lowest BCUT2D eigenvalue weighted by atomic mass is 9.78. The number of rotatable bonds is 1. The van der Waals surface area contributed by atoms with Crippen molar-refractivity contribution in [2.24, 2.45) is 5.73 Å². The minimum Gasteiger partial charge on any atom is -0.326 e. The molecular weight excluding hydrogens is 274 g/mol. The molecule has 0 atom stereocenters. The average Bonchev–Trinajstić information content (AvgIpc) is 2.37. The molecule has 0 amide bonds. The van der Waals surface area contributed by atoms with Gasteiger partial charge in [0.25, 0.3) is 0 Å². The van der Waals surface area contributed by atoms with Crippen molar-refractivity contribution in [2.45, 2.75) is 39.0 Å². The molecule has 0 bridgehead atoms. The Kier molecular flexibility index (Phi) is 3.46. The molecule has 92 valence electrons. The van der Waals surface area contributed by atoms with E-state index in [0.717, 1.165) is 12.8 Å². The molecule has 1 aliphatic rings. The lowest BCUT2D eigenvalue weighted by Gasteiger charge is -2.26. The topological polar surface area (TPSA) is 26.0 Å². The first-order valence-electron chi connectivity index (χ1n) is 6.15. The number of halogens is 1. The van der Waals surface area contributed by atoms with Gasteiger partial charge in [-0.15, -0.1) is 0 Å². The van der Waals surface area contributed by atoms with Gasteiger partial charge in [-0.3, -0.25) is 0 Å². The molecule has 2 heteroatoms. The van der Waals surface area contributed by atoms with E-state index in [1.165, 1.54) is 26.7 Å². The second kappa shape index (κ2) is 4.58. The van der Waals surface area contributed by atoms with Gasteiger partial charge in [-0.2, -0.15) is 0 Å². The molecule has 0 spiro atoms. The highest BCUT2D eigenvalue weighted by Gasteiger charge is 2.28. The summed E-state index contributed by atoms with van der Waals surface area (Å²) in [6, 6.07) is 6.72. The molecule has 0 saturated carbocycles. The first-order valence-corrected chi connectivity index (χ1v) is 6.94. The van der Waals surface area contributed by atoms with Gasteiger partial charge >= 0.3 is 0 Å². The van der Waals surface area contributed by atoms with Crippen LogP contribution in [0.4, 0.5) is 0 Å². The molecule has 0 aromatic heterocycles. The minimum absolute atomic E-state index is 0.220. The van der Waals surface area contributed by atoms with Crippen LogP contribution in [0.2, 0.25) is 0 Å². The standard InChI is InChI=1S/C15H20BrN/c1-10-4-5-11-12(9-17)14(16)6-7-15(2,3)13(11)8-10/h4-5,8H,6-7,9,17H2,1-3H3. The summed E-state index contributed by atoms with van der Waals surface area (Å²) in [5, 5.41) is 0. The van der Waals surface area contributed by atoms with E-state index in [9.17, 15) is 0 Å². The van der Waals surface area contributed by atoms with Gasteiger partial charge in [0.15, 0.2) is 0 Å². The van der Waals surface area contributed by atoms with Crippen LogP contribution in [0.5, 0.6) is 0 Å². The molecule has 0 fully saturated rings. The molecule has 1 aromatic carbocycles. The maximum absolute atomic E-state index is 5.92. The Hall–Kier alpha value is -0.600. The molecule has 1 nitrogen and oxygen atoms in total. The fourth-order valence-electron chi connectivity index (χ4n) is 2.56. The number of aryl methyl sites for hydroxylation is 1. The zero-order valence-corrected chi connectivity index (χ0v) is 12.4. The van der Waals surface area contributed by atoms with Crippen LogP contribution in [0.15, 0.2) is 22.7 Å². The molecule has 2 N–H and O–H groups in total. The highest BCUT2D eigenvalue weighted by Crippen LogP contribution is 2.41. The summed E-state index contributed by atoms with van der Waals surface area (Å²) >= 11 is 3.70. The van der Waals surface area contributed by atoms with Gasteiger partial charge in [0.1, 0.15) is 0 Å². The van der Waals surface area contributed by atoms with Crippen LogP contribution in [-0.4, -0.2) is 6.54 Å². The third-order valence-corrected chi connectivity index (χ3v) is 4.61. The Labute approximate surface area is 112 Å². The van der Waals surface area contributed by atoms with Crippen LogP contribution < -0.4 is 5.73 Å². The van der Waals surface area contributed by atoms with Crippen molar-refractivity contribution >= 4 is 21.5 Å². The summed E-state index contributed by atoms with van der Waals surface area (Å²) in [6.45, 7) is 7.41. The summed E-state index contributed by atoms with van der Waals surface area (Å²) in [4.78, 5) is 0. The Morgan fingerprint density at radius 1 is 1.35 bits per heavy atom. The molecule has 1 aromatic rings. The predicted octanol–water partition coefficient (Wildman–Crippen LogP) is 4.13. The van der Waals surface area contributed by atoms with E-state index in [0.29, 0.717) is 6.54 Å². The zero-order valence-electron chi connectivity index (χ0n) is 10.8. The third-order valence-electron chi connectivity index (χ3n) is 3.73. The Morgan fingerprint density at radius 3 is 2.71 bits per heavy atom. The van der Waals surface area contributed by atoms with Crippen LogP contribution in [0.3, 0.4) is 0 Å². The van der Waals surface area contributed by atoms with E-state index in [-0.39, 0.29) is 5.41 Å². The average molecular weight is 294 g/mol. The highest BCUT2D eigenvalue weighted by molar-refractivity contribution is 9.11. The summed E-state index contributed by atoms with van der Waals surface area (Å²) in [5.41, 5.74) is 11.5. The van der Waals surface area contributed by atoms with Crippen molar-refractivity contribution in [1.29, 1.82) is 0 Å². The van der Waals surface area contributed by atoms with Gasteiger partial charge in [-0.1, -0.05) is 53.5 Å². The quantitative estimate of drug-likeness (QED) is 0.828. The fraction of sp³-hybridized carbons (Fsp3) is 0.467. The van der Waals surface area contributed by atoms with Crippen LogP contribution in [0, 0.1) is 6.92 Å². The number of benzene rings is 1.